The lowest BCUT2D eigenvalue weighted by atomic mass is 9.73. The number of amides is 1. The van der Waals surface area contributed by atoms with Crippen molar-refractivity contribution in [2.45, 2.75) is 19.5 Å². The third-order valence-electron chi connectivity index (χ3n) is 5.48. The Kier molecular flexibility index (Phi) is 5.40. The number of pyridine rings is 1. The van der Waals surface area contributed by atoms with Gasteiger partial charge in [0.1, 0.15) is 5.82 Å². The van der Waals surface area contributed by atoms with Crippen LogP contribution in [-0.4, -0.2) is 38.4 Å². The zero-order valence-electron chi connectivity index (χ0n) is 16.4. The maximum atomic E-state index is 14.3. The molecule has 7 heteroatoms. The second-order valence-corrected chi connectivity index (χ2v) is 7.69. The quantitative estimate of drug-likeness (QED) is 0.669. The number of nitrogens with one attached hydrogen (secondary N) is 1. The number of imidazole rings is 1. The molecular formula is C22H24FN5O. The van der Waals surface area contributed by atoms with Gasteiger partial charge in [-0.2, -0.15) is 0 Å². The topological polar surface area (TPSA) is 63.1 Å². The molecule has 29 heavy (non-hydrogen) atoms. The van der Waals surface area contributed by atoms with Crippen LogP contribution in [0, 0.1) is 11.2 Å². The SMILES string of the molecule is Cn1cncc1CN1CC(Cc2ccccc2F)(C(=O)NCc2ccccn2)C1. The first-order valence-electron chi connectivity index (χ1n) is 9.65. The summed E-state index contributed by atoms with van der Waals surface area (Å²) in [6.45, 7) is 2.21. The first-order chi connectivity index (χ1) is 14.1. The molecule has 3 heterocycles. The molecule has 0 saturated carbocycles. The highest BCUT2D eigenvalue weighted by atomic mass is 19.1. The highest BCUT2D eigenvalue weighted by Gasteiger charge is 2.49. The fraction of sp³-hybridized carbons (Fsp3) is 0.318. The minimum atomic E-state index is -0.657. The summed E-state index contributed by atoms with van der Waals surface area (Å²) in [5, 5.41) is 3.00. The van der Waals surface area contributed by atoms with Crippen molar-refractivity contribution in [2.75, 3.05) is 13.1 Å². The second-order valence-electron chi connectivity index (χ2n) is 7.69. The molecule has 0 radical (unpaired) electrons. The molecule has 6 nitrogen and oxygen atoms in total. The van der Waals surface area contributed by atoms with E-state index in [0.717, 1.165) is 11.4 Å². The average Bonchev–Trinajstić information content (AvgIpc) is 3.11. The summed E-state index contributed by atoms with van der Waals surface area (Å²) in [5.74, 6) is -0.331. The van der Waals surface area contributed by atoms with Gasteiger partial charge in [-0.3, -0.25) is 14.7 Å². The fourth-order valence-corrected chi connectivity index (χ4v) is 3.89. The number of likely N-dealkylation sites (tertiary alicyclic amines) is 1. The van der Waals surface area contributed by atoms with E-state index in [1.807, 2.05) is 42.1 Å². The molecule has 1 aliphatic rings. The van der Waals surface area contributed by atoms with Gasteiger partial charge in [-0.1, -0.05) is 24.3 Å². The highest BCUT2D eigenvalue weighted by molar-refractivity contribution is 5.84. The summed E-state index contributed by atoms with van der Waals surface area (Å²) < 4.78 is 16.3. The van der Waals surface area contributed by atoms with Gasteiger partial charge in [0.05, 0.1) is 29.7 Å². The van der Waals surface area contributed by atoms with Crippen LogP contribution in [0.1, 0.15) is 17.0 Å². The van der Waals surface area contributed by atoms with Crippen molar-refractivity contribution < 1.29 is 9.18 Å². The van der Waals surface area contributed by atoms with Gasteiger partial charge in [0.15, 0.2) is 0 Å². The number of rotatable bonds is 7. The number of hydrogen-bond donors (Lipinski definition) is 1. The van der Waals surface area contributed by atoms with Crippen molar-refractivity contribution in [3.05, 3.63) is 84.0 Å². The summed E-state index contributed by atoms with van der Waals surface area (Å²) in [6.07, 6.45) is 5.67. The normalized spacial score (nSPS) is 15.7. The summed E-state index contributed by atoms with van der Waals surface area (Å²) in [5.41, 5.74) is 1.79. The van der Waals surface area contributed by atoms with Crippen molar-refractivity contribution in [2.24, 2.45) is 12.5 Å². The van der Waals surface area contributed by atoms with Gasteiger partial charge in [-0.05, 0) is 30.2 Å². The van der Waals surface area contributed by atoms with E-state index >= 15 is 0 Å². The molecule has 0 spiro atoms. The molecule has 4 rings (SSSR count). The maximum absolute atomic E-state index is 14.3. The lowest BCUT2D eigenvalue weighted by Crippen LogP contribution is -2.63. The highest BCUT2D eigenvalue weighted by Crippen LogP contribution is 2.36. The summed E-state index contributed by atoms with van der Waals surface area (Å²) in [4.78, 5) is 23.7. The zero-order chi connectivity index (χ0) is 20.3. The minimum absolute atomic E-state index is 0.0623. The Balaban J connectivity index is 1.48. The Morgan fingerprint density at radius 1 is 1.21 bits per heavy atom. The number of hydrogen-bond acceptors (Lipinski definition) is 4. The number of nitrogens with zero attached hydrogens (tertiary/aromatic N) is 4. The van der Waals surface area contributed by atoms with Gasteiger partial charge in [0, 0.05) is 39.1 Å². The molecule has 0 unspecified atom stereocenters. The van der Waals surface area contributed by atoms with Gasteiger partial charge in [-0.25, -0.2) is 9.37 Å². The predicted molar refractivity (Wildman–Crippen MR) is 107 cm³/mol. The monoisotopic (exact) mass is 393 g/mol. The summed E-state index contributed by atoms with van der Waals surface area (Å²) in [6, 6.07) is 12.3. The van der Waals surface area contributed by atoms with E-state index in [0.29, 0.717) is 38.2 Å². The van der Waals surface area contributed by atoms with E-state index in [-0.39, 0.29) is 11.7 Å². The van der Waals surface area contributed by atoms with E-state index in [1.54, 1.807) is 24.7 Å². The molecule has 0 aliphatic carbocycles. The Hall–Kier alpha value is -3.06. The van der Waals surface area contributed by atoms with Crippen LogP contribution in [-0.2, 0) is 31.4 Å². The van der Waals surface area contributed by atoms with Gasteiger partial charge >= 0.3 is 0 Å². The predicted octanol–water partition coefficient (Wildman–Crippen LogP) is 2.32. The first kappa shape index (κ1) is 19.3. The van der Waals surface area contributed by atoms with E-state index in [9.17, 15) is 9.18 Å². The third-order valence-corrected chi connectivity index (χ3v) is 5.48. The molecule has 0 bridgehead atoms. The van der Waals surface area contributed by atoms with Gasteiger partial charge in [0.25, 0.3) is 0 Å². The summed E-state index contributed by atoms with van der Waals surface area (Å²) >= 11 is 0. The van der Waals surface area contributed by atoms with E-state index in [4.69, 9.17) is 0 Å². The van der Waals surface area contributed by atoms with Gasteiger partial charge < -0.3 is 9.88 Å². The van der Waals surface area contributed by atoms with Gasteiger partial charge in [-0.15, -0.1) is 0 Å². The molecule has 150 valence electrons. The summed E-state index contributed by atoms with van der Waals surface area (Å²) in [7, 11) is 1.95. The Bertz CT molecular complexity index is 982. The number of aromatic nitrogens is 3. The molecule has 2 aromatic heterocycles. The molecule has 0 atom stereocenters. The van der Waals surface area contributed by atoms with Crippen LogP contribution >= 0.6 is 0 Å². The molecule has 1 fully saturated rings. The van der Waals surface area contributed by atoms with Crippen LogP contribution in [0.4, 0.5) is 4.39 Å². The standard InChI is InChI=1S/C22H24FN5O/c1-27-16-24-12-19(27)13-28-14-22(15-28,10-17-6-2-3-8-20(17)23)21(29)26-11-18-7-4-5-9-25-18/h2-9,12,16H,10-11,13-15H2,1H3,(H,26,29). The minimum Gasteiger partial charge on any atom is -0.350 e. The second kappa shape index (κ2) is 8.13. The van der Waals surface area contributed by atoms with Crippen molar-refractivity contribution >= 4 is 5.91 Å². The van der Waals surface area contributed by atoms with E-state index < -0.39 is 5.41 Å². The number of halogens is 1. The van der Waals surface area contributed by atoms with Crippen molar-refractivity contribution in [1.82, 2.24) is 24.8 Å². The molecule has 1 saturated heterocycles. The lowest BCUT2D eigenvalue weighted by Gasteiger charge is -2.49. The van der Waals surface area contributed by atoms with Crippen LogP contribution in [0.15, 0.2) is 61.2 Å². The molecular weight excluding hydrogens is 369 g/mol. The molecule has 1 aromatic carbocycles. The Morgan fingerprint density at radius 3 is 2.69 bits per heavy atom. The number of benzene rings is 1. The van der Waals surface area contributed by atoms with Crippen LogP contribution in [0.25, 0.3) is 0 Å². The van der Waals surface area contributed by atoms with Crippen LogP contribution < -0.4 is 5.32 Å². The van der Waals surface area contributed by atoms with Crippen LogP contribution in [0.2, 0.25) is 0 Å². The van der Waals surface area contributed by atoms with Crippen LogP contribution in [0.3, 0.4) is 0 Å². The third kappa shape index (κ3) is 4.19. The fourth-order valence-electron chi connectivity index (χ4n) is 3.89. The lowest BCUT2D eigenvalue weighted by molar-refractivity contribution is -0.142. The van der Waals surface area contributed by atoms with Crippen molar-refractivity contribution in [3.63, 3.8) is 0 Å². The van der Waals surface area contributed by atoms with E-state index in [1.165, 1.54) is 6.07 Å². The zero-order valence-corrected chi connectivity index (χ0v) is 16.4. The molecule has 3 aromatic rings. The Labute approximate surface area is 169 Å². The smallest absolute Gasteiger partial charge is 0.229 e. The van der Waals surface area contributed by atoms with Crippen LogP contribution in [0.5, 0.6) is 0 Å². The van der Waals surface area contributed by atoms with Crippen molar-refractivity contribution in [3.8, 4) is 0 Å². The maximum Gasteiger partial charge on any atom is 0.229 e. The number of aryl methyl sites for hydroxylation is 1. The van der Waals surface area contributed by atoms with Crippen molar-refractivity contribution in [1.29, 1.82) is 0 Å². The van der Waals surface area contributed by atoms with Gasteiger partial charge in [0.2, 0.25) is 5.91 Å². The van der Waals surface area contributed by atoms with E-state index in [2.05, 4.69) is 20.2 Å². The molecule has 1 amide bonds. The molecule has 1 N–H and O–H groups in total. The largest absolute Gasteiger partial charge is 0.350 e. The Morgan fingerprint density at radius 2 is 2.00 bits per heavy atom. The number of carbonyl (C=O) groups excluding carboxylic acids is 1. The average molecular weight is 393 g/mol. The molecule has 1 aliphatic heterocycles. The number of carbonyl (C=O) groups is 1. The first-order valence-corrected chi connectivity index (χ1v) is 9.65.